The third-order valence-electron chi connectivity index (χ3n) is 1.46. The van der Waals surface area contributed by atoms with Gasteiger partial charge in [0.25, 0.3) is 0 Å². The molecule has 0 aliphatic carbocycles. The molecule has 0 saturated heterocycles. The Morgan fingerprint density at radius 2 is 2.36 bits per heavy atom. The summed E-state index contributed by atoms with van der Waals surface area (Å²) in [6.07, 6.45) is 1.78. The Kier molecular flexibility index (Phi) is 2.57. The first-order valence-corrected chi connectivity index (χ1v) is 3.70. The average Bonchev–Trinajstić information content (AvgIpc) is 2.37. The zero-order chi connectivity index (χ0) is 8.27. The van der Waals surface area contributed by atoms with Gasteiger partial charge in [-0.15, -0.1) is 5.10 Å². The van der Waals surface area contributed by atoms with Crippen LogP contribution >= 0.6 is 0 Å². The van der Waals surface area contributed by atoms with Gasteiger partial charge >= 0.3 is 0 Å². The Hall–Kier alpha value is -0.930. The van der Waals surface area contributed by atoms with Gasteiger partial charge < -0.3 is 0 Å². The molecule has 0 bridgehead atoms. The Morgan fingerprint density at radius 1 is 1.64 bits per heavy atom. The molecule has 1 aromatic rings. The lowest BCUT2D eigenvalue weighted by Crippen LogP contribution is -1.99. The first kappa shape index (κ1) is 8.17. The van der Waals surface area contributed by atoms with Crippen LogP contribution in [0.1, 0.15) is 25.5 Å². The van der Waals surface area contributed by atoms with E-state index in [1.54, 1.807) is 6.20 Å². The van der Waals surface area contributed by atoms with Crippen molar-refractivity contribution in [1.82, 2.24) is 15.0 Å². The maximum absolute atomic E-state index is 11.8. The highest BCUT2D eigenvalue weighted by atomic mass is 18.2. The summed E-state index contributed by atoms with van der Waals surface area (Å²) < 4.78 is 13.3. The molecule has 0 aromatic carbocycles. The van der Waals surface area contributed by atoms with Crippen molar-refractivity contribution in [3.05, 3.63) is 11.9 Å². The molecule has 0 spiro atoms. The van der Waals surface area contributed by atoms with Crippen molar-refractivity contribution in [3.63, 3.8) is 0 Å². The second-order valence-corrected chi connectivity index (χ2v) is 2.75. The molecule has 0 aliphatic rings. The number of aryl methyl sites for hydroxylation is 1. The summed E-state index contributed by atoms with van der Waals surface area (Å²) in [7, 11) is 0. The molecule has 0 atom stereocenters. The zero-order valence-corrected chi connectivity index (χ0v) is 6.79. The van der Waals surface area contributed by atoms with Gasteiger partial charge in [0.05, 0.1) is 12.2 Å². The van der Waals surface area contributed by atoms with Gasteiger partial charge in [-0.1, -0.05) is 19.1 Å². The Labute approximate surface area is 65.2 Å². The molecule has 1 aromatic heterocycles. The maximum Gasteiger partial charge on any atom is 0.109 e. The molecule has 0 saturated carbocycles. The third-order valence-corrected chi connectivity index (χ3v) is 1.46. The molecule has 0 aliphatic heterocycles. The number of nitrogens with zero attached hydrogens (tertiary/aromatic N) is 3. The van der Waals surface area contributed by atoms with E-state index in [-0.39, 0.29) is 6.67 Å². The molecule has 11 heavy (non-hydrogen) atoms. The van der Waals surface area contributed by atoms with Crippen LogP contribution in [0.3, 0.4) is 0 Å². The quantitative estimate of drug-likeness (QED) is 0.661. The van der Waals surface area contributed by atoms with Crippen molar-refractivity contribution < 1.29 is 4.39 Å². The molecule has 62 valence electrons. The van der Waals surface area contributed by atoms with E-state index in [9.17, 15) is 4.39 Å². The number of hydrogen-bond donors (Lipinski definition) is 0. The summed E-state index contributed by atoms with van der Waals surface area (Å²) in [4.78, 5) is 0. The second-order valence-electron chi connectivity index (χ2n) is 2.75. The Balaban J connectivity index is 2.66. The van der Waals surface area contributed by atoms with E-state index in [4.69, 9.17) is 0 Å². The van der Waals surface area contributed by atoms with Crippen LogP contribution in [0.4, 0.5) is 4.39 Å². The van der Waals surface area contributed by atoms with Crippen LogP contribution in [-0.4, -0.2) is 21.7 Å². The van der Waals surface area contributed by atoms with Crippen LogP contribution < -0.4 is 0 Å². The molecular formula is C7H12FN3. The van der Waals surface area contributed by atoms with Crippen molar-refractivity contribution in [3.8, 4) is 0 Å². The van der Waals surface area contributed by atoms with Gasteiger partial charge in [-0.2, -0.15) is 0 Å². The third kappa shape index (κ3) is 2.00. The molecule has 1 rings (SSSR count). The van der Waals surface area contributed by atoms with Gasteiger partial charge in [0.1, 0.15) is 6.67 Å². The normalized spacial score (nSPS) is 10.9. The smallest absolute Gasteiger partial charge is 0.109 e. The molecule has 0 radical (unpaired) electrons. The summed E-state index contributed by atoms with van der Waals surface area (Å²) in [5, 5.41) is 7.63. The fourth-order valence-electron chi connectivity index (χ4n) is 0.774. The van der Waals surface area contributed by atoms with E-state index in [0.29, 0.717) is 12.5 Å². The first-order chi connectivity index (χ1) is 5.24. The number of halogens is 1. The van der Waals surface area contributed by atoms with Gasteiger partial charge in [-0.3, -0.25) is 0 Å². The van der Waals surface area contributed by atoms with Crippen LogP contribution in [0.2, 0.25) is 0 Å². The molecule has 0 amide bonds. The Morgan fingerprint density at radius 3 is 2.82 bits per heavy atom. The van der Waals surface area contributed by atoms with E-state index in [1.807, 2.05) is 13.8 Å². The highest BCUT2D eigenvalue weighted by Crippen LogP contribution is 2.08. The van der Waals surface area contributed by atoms with Gasteiger partial charge in [-0.25, -0.2) is 9.07 Å². The minimum atomic E-state index is -0.388. The monoisotopic (exact) mass is 156 g/mol. The van der Waals surface area contributed by atoms with Gasteiger partial charge in [0, 0.05) is 6.20 Å². The molecular weight excluding hydrogens is 144 g/mol. The van der Waals surface area contributed by atoms with Crippen molar-refractivity contribution in [1.29, 1.82) is 0 Å². The summed E-state index contributed by atoms with van der Waals surface area (Å²) in [6, 6.07) is 0. The van der Waals surface area contributed by atoms with Crippen molar-refractivity contribution in [2.24, 2.45) is 0 Å². The van der Waals surface area contributed by atoms with Crippen LogP contribution in [0, 0.1) is 0 Å². The standard InChI is InChI=1S/C7H12FN3/c1-6(2)7-5-11(4-3-8)10-9-7/h5-6H,3-4H2,1-2H3/i8-1. The number of aromatic nitrogens is 3. The predicted octanol–water partition coefficient (Wildman–Crippen LogP) is 1.37. The summed E-state index contributed by atoms with van der Waals surface area (Å²) >= 11 is 0. The van der Waals surface area contributed by atoms with E-state index >= 15 is 0 Å². The lowest BCUT2D eigenvalue weighted by Gasteiger charge is -1.94. The average molecular weight is 156 g/mol. The lowest BCUT2D eigenvalue weighted by atomic mass is 10.2. The van der Waals surface area contributed by atoms with Gasteiger partial charge in [-0.05, 0) is 5.92 Å². The summed E-state index contributed by atoms with van der Waals surface area (Å²) in [6.45, 7) is 3.98. The zero-order valence-electron chi connectivity index (χ0n) is 6.79. The van der Waals surface area contributed by atoms with Crippen LogP contribution in [-0.2, 0) is 6.54 Å². The molecule has 0 unspecified atom stereocenters. The number of rotatable bonds is 3. The van der Waals surface area contributed by atoms with Crippen molar-refractivity contribution >= 4 is 0 Å². The molecule has 0 N–H and O–H groups in total. The number of hydrogen-bond acceptors (Lipinski definition) is 2. The van der Waals surface area contributed by atoms with Crippen molar-refractivity contribution in [2.75, 3.05) is 6.67 Å². The van der Waals surface area contributed by atoms with E-state index in [2.05, 4.69) is 10.3 Å². The Bertz CT molecular complexity index is 219. The molecule has 1 heterocycles. The van der Waals surface area contributed by atoms with Crippen molar-refractivity contribution in [2.45, 2.75) is 26.3 Å². The fourth-order valence-corrected chi connectivity index (χ4v) is 0.774. The largest absolute Gasteiger partial charge is 0.250 e. The highest BCUT2D eigenvalue weighted by molar-refractivity contribution is 4.97. The van der Waals surface area contributed by atoms with E-state index in [1.165, 1.54) is 4.68 Å². The highest BCUT2D eigenvalue weighted by Gasteiger charge is 2.03. The minimum absolute atomic E-state index is 0.305. The van der Waals surface area contributed by atoms with Gasteiger partial charge in [0.15, 0.2) is 0 Å². The van der Waals surface area contributed by atoms with Crippen LogP contribution in [0.5, 0.6) is 0 Å². The van der Waals surface area contributed by atoms with Crippen LogP contribution in [0.15, 0.2) is 6.20 Å². The van der Waals surface area contributed by atoms with E-state index in [0.717, 1.165) is 5.69 Å². The summed E-state index contributed by atoms with van der Waals surface area (Å²) in [5.41, 5.74) is 0.915. The second kappa shape index (κ2) is 3.46. The van der Waals surface area contributed by atoms with E-state index < -0.39 is 0 Å². The lowest BCUT2D eigenvalue weighted by molar-refractivity contribution is 0.422. The maximum atomic E-state index is 11.8. The molecule has 4 heteroatoms. The first-order valence-electron chi connectivity index (χ1n) is 3.70. The molecule has 3 nitrogen and oxygen atoms in total. The van der Waals surface area contributed by atoms with Crippen LogP contribution in [0.25, 0.3) is 0 Å². The predicted molar refractivity (Wildman–Crippen MR) is 40.1 cm³/mol. The number of alkyl halides is 1. The van der Waals surface area contributed by atoms with Gasteiger partial charge in [0.2, 0.25) is 0 Å². The minimum Gasteiger partial charge on any atom is -0.250 e. The fraction of sp³-hybridized carbons (Fsp3) is 0.714. The molecule has 0 fully saturated rings. The topological polar surface area (TPSA) is 30.7 Å². The summed E-state index contributed by atoms with van der Waals surface area (Å²) in [5.74, 6) is 0.364. The SMILES string of the molecule is CC(C)c1cn(CC[18F])nn1.